The molecule has 4 fully saturated rings. The molecule has 3 aromatic rings. The topological polar surface area (TPSA) is 55.8 Å². The van der Waals surface area contributed by atoms with Crippen LogP contribution in [0.5, 0.6) is 5.75 Å². The summed E-state index contributed by atoms with van der Waals surface area (Å²) in [5.74, 6) is 1.89. The van der Waals surface area contributed by atoms with Gasteiger partial charge >= 0.3 is 5.97 Å². The number of carbonyl (C=O) groups is 1. The minimum absolute atomic E-state index is 0.00553. The van der Waals surface area contributed by atoms with E-state index in [4.69, 9.17) is 9.47 Å². The van der Waals surface area contributed by atoms with Crippen LogP contribution in [0.2, 0.25) is 0 Å². The lowest BCUT2D eigenvalue weighted by Crippen LogP contribution is -2.57. The van der Waals surface area contributed by atoms with E-state index in [0.29, 0.717) is 24.0 Å². The van der Waals surface area contributed by atoms with E-state index in [0.717, 1.165) is 59.8 Å². The van der Waals surface area contributed by atoms with Gasteiger partial charge in [-0.15, -0.1) is 0 Å². The van der Waals surface area contributed by atoms with Crippen molar-refractivity contribution < 1.29 is 19.4 Å². The summed E-state index contributed by atoms with van der Waals surface area (Å²) >= 11 is 0. The van der Waals surface area contributed by atoms with Crippen LogP contribution in [0.1, 0.15) is 61.4 Å². The molecule has 0 spiro atoms. The van der Waals surface area contributed by atoms with Gasteiger partial charge in [0, 0.05) is 11.0 Å². The van der Waals surface area contributed by atoms with Crippen LogP contribution in [-0.4, -0.2) is 30.4 Å². The third kappa shape index (κ3) is 3.51. The lowest BCUT2D eigenvalue weighted by atomic mass is 9.46. The van der Waals surface area contributed by atoms with E-state index in [2.05, 4.69) is 36.4 Å². The van der Waals surface area contributed by atoms with Crippen molar-refractivity contribution in [3.8, 4) is 16.9 Å². The molecule has 2 atom stereocenters. The average molecular weight is 457 g/mol. The van der Waals surface area contributed by atoms with Gasteiger partial charge in [0.15, 0.2) is 0 Å². The van der Waals surface area contributed by atoms with Crippen LogP contribution in [-0.2, 0) is 10.2 Å². The van der Waals surface area contributed by atoms with Gasteiger partial charge in [-0.3, -0.25) is 0 Å². The molecule has 176 valence electrons. The Morgan fingerprint density at radius 3 is 2.32 bits per heavy atom. The number of benzene rings is 3. The monoisotopic (exact) mass is 456 g/mol. The molecule has 4 aliphatic carbocycles. The van der Waals surface area contributed by atoms with Crippen molar-refractivity contribution in [2.75, 3.05) is 13.7 Å². The number of methoxy groups -OCH3 is 1. The summed E-state index contributed by atoms with van der Waals surface area (Å²) in [6.07, 6.45) is 6.35. The Labute approximate surface area is 200 Å². The summed E-state index contributed by atoms with van der Waals surface area (Å²) in [7, 11) is 1.75. The molecule has 0 aliphatic heterocycles. The van der Waals surface area contributed by atoms with Gasteiger partial charge in [0.05, 0.1) is 24.9 Å². The van der Waals surface area contributed by atoms with Gasteiger partial charge < -0.3 is 14.6 Å². The molecule has 1 N–H and O–H groups in total. The van der Waals surface area contributed by atoms with Crippen LogP contribution in [0.25, 0.3) is 21.9 Å². The predicted octanol–water partition coefficient (Wildman–Crippen LogP) is 6.27. The summed E-state index contributed by atoms with van der Waals surface area (Å²) in [6, 6.07) is 18.6. The average Bonchev–Trinajstić information content (AvgIpc) is 2.81. The molecule has 3 aromatic carbocycles. The molecule has 0 radical (unpaired) electrons. The number of esters is 1. The van der Waals surface area contributed by atoms with E-state index < -0.39 is 5.60 Å². The van der Waals surface area contributed by atoms with Crippen LogP contribution in [0.4, 0.5) is 0 Å². The van der Waals surface area contributed by atoms with E-state index in [-0.39, 0.29) is 11.4 Å². The molecule has 4 heteroatoms. The zero-order valence-corrected chi connectivity index (χ0v) is 20.0. The zero-order valence-electron chi connectivity index (χ0n) is 20.0. The molecular formula is C30H32O4. The quantitative estimate of drug-likeness (QED) is 0.460. The van der Waals surface area contributed by atoms with Crippen molar-refractivity contribution in [1.29, 1.82) is 0 Å². The van der Waals surface area contributed by atoms with Gasteiger partial charge in [-0.25, -0.2) is 4.79 Å². The SMILES string of the molecule is CCOC(=O)c1ccc2cc(-c3ccc(OC)c(C45CC6CC(CC(O)(C6)C4)C5)c3)ccc2c1. The number of fused-ring (bicyclic) bond motifs is 1. The highest BCUT2D eigenvalue weighted by Crippen LogP contribution is 2.63. The smallest absolute Gasteiger partial charge is 0.338 e. The number of carbonyl (C=O) groups excluding carboxylic acids is 1. The Kier molecular flexibility index (Phi) is 5.00. The lowest BCUT2D eigenvalue weighted by molar-refractivity contribution is -0.137. The van der Waals surface area contributed by atoms with Crippen LogP contribution >= 0.6 is 0 Å². The Morgan fingerprint density at radius 1 is 0.941 bits per heavy atom. The van der Waals surface area contributed by atoms with E-state index >= 15 is 0 Å². The Balaban J connectivity index is 1.39. The van der Waals surface area contributed by atoms with Crippen molar-refractivity contribution in [2.24, 2.45) is 11.8 Å². The molecular weight excluding hydrogens is 424 g/mol. The van der Waals surface area contributed by atoms with Gasteiger partial charge in [-0.1, -0.05) is 24.3 Å². The van der Waals surface area contributed by atoms with Crippen molar-refractivity contribution >= 4 is 16.7 Å². The van der Waals surface area contributed by atoms with Crippen LogP contribution in [0, 0.1) is 11.8 Å². The van der Waals surface area contributed by atoms with Gasteiger partial charge in [-0.05, 0) is 110 Å². The summed E-state index contributed by atoms with van der Waals surface area (Å²) in [6.45, 7) is 2.19. The molecule has 2 unspecified atom stereocenters. The number of hydrogen-bond acceptors (Lipinski definition) is 4. The second kappa shape index (κ2) is 7.84. The number of rotatable bonds is 5. The molecule has 4 aliphatic rings. The van der Waals surface area contributed by atoms with E-state index in [1.54, 1.807) is 7.11 Å². The standard InChI is InChI=1S/C30H32O4/c1-3-34-28(31)25-7-6-21-11-22(4-5-23(21)12-25)24-8-9-27(33-2)26(13-24)29-14-19-10-20(15-29)17-30(32,16-19)18-29/h4-9,11-13,19-20,32H,3,10,14-18H2,1-2H3. The van der Waals surface area contributed by atoms with Gasteiger partial charge in [0.2, 0.25) is 0 Å². The van der Waals surface area contributed by atoms with Crippen LogP contribution in [0.3, 0.4) is 0 Å². The molecule has 4 saturated carbocycles. The normalized spacial score (nSPS) is 29.4. The van der Waals surface area contributed by atoms with E-state index in [9.17, 15) is 9.90 Å². The first-order chi connectivity index (χ1) is 16.4. The molecule has 7 rings (SSSR count). The molecule has 0 amide bonds. The number of ether oxygens (including phenoxy) is 2. The minimum atomic E-state index is -0.509. The second-order valence-electron chi connectivity index (χ2n) is 10.9. The maximum atomic E-state index is 12.1. The Morgan fingerprint density at radius 2 is 1.62 bits per heavy atom. The van der Waals surface area contributed by atoms with E-state index in [1.807, 2.05) is 25.1 Å². The highest BCUT2D eigenvalue weighted by Gasteiger charge is 2.58. The summed E-state index contributed by atoms with van der Waals surface area (Å²) < 4.78 is 11.0. The maximum Gasteiger partial charge on any atom is 0.338 e. The molecule has 0 aromatic heterocycles. The maximum absolute atomic E-state index is 12.1. The fourth-order valence-corrected chi connectivity index (χ4v) is 7.60. The first kappa shape index (κ1) is 21.7. The molecule has 34 heavy (non-hydrogen) atoms. The fourth-order valence-electron chi connectivity index (χ4n) is 7.60. The fraction of sp³-hybridized carbons (Fsp3) is 0.433. The van der Waals surface area contributed by atoms with E-state index in [1.165, 1.54) is 12.0 Å². The number of aliphatic hydroxyl groups is 1. The second-order valence-corrected chi connectivity index (χ2v) is 10.9. The summed E-state index contributed by atoms with van der Waals surface area (Å²) in [4.78, 5) is 12.1. The summed E-state index contributed by atoms with van der Waals surface area (Å²) in [5.41, 5.74) is 3.64. The largest absolute Gasteiger partial charge is 0.496 e. The molecule has 0 saturated heterocycles. The minimum Gasteiger partial charge on any atom is -0.496 e. The first-order valence-corrected chi connectivity index (χ1v) is 12.5. The molecule has 4 nitrogen and oxygen atoms in total. The predicted molar refractivity (Wildman–Crippen MR) is 133 cm³/mol. The van der Waals surface area contributed by atoms with Crippen LogP contribution in [0.15, 0.2) is 54.6 Å². The molecule has 0 heterocycles. The Bertz CT molecular complexity index is 1260. The zero-order chi connectivity index (χ0) is 23.5. The third-order valence-corrected chi connectivity index (χ3v) is 8.49. The van der Waals surface area contributed by atoms with Crippen molar-refractivity contribution in [1.82, 2.24) is 0 Å². The third-order valence-electron chi connectivity index (χ3n) is 8.49. The van der Waals surface area contributed by atoms with Gasteiger partial charge in [0.1, 0.15) is 5.75 Å². The highest BCUT2D eigenvalue weighted by molar-refractivity contribution is 5.96. The Hall–Kier alpha value is -2.85. The first-order valence-electron chi connectivity index (χ1n) is 12.5. The van der Waals surface area contributed by atoms with Crippen LogP contribution < -0.4 is 4.74 Å². The lowest BCUT2D eigenvalue weighted by Gasteiger charge is -2.60. The highest BCUT2D eigenvalue weighted by atomic mass is 16.5. The van der Waals surface area contributed by atoms with Gasteiger partial charge in [0.25, 0.3) is 0 Å². The van der Waals surface area contributed by atoms with Crippen molar-refractivity contribution in [3.05, 3.63) is 65.7 Å². The van der Waals surface area contributed by atoms with Crippen molar-refractivity contribution in [3.63, 3.8) is 0 Å². The van der Waals surface area contributed by atoms with Crippen molar-refractivity contribution in [2.45, 2.75) is 56.5 Å². The van der Waals surface area contributed by atoms with Gasteiger partial charge in [-0.2, -0.15) is 0 Å². The summed E-state index contributed by atoms with van der Waals surface area (Å²) in [5, 5.41) is 13.4. The number of hydrogen-bond donors (Lipinski definition) is 1. The molecule has 4 bridgehead atoms.